The Morgan fingerprint density at radius 3 is 2.71 bits per heavy atom. The van der Waals surface area contributed by atoms with Crippen LogP contribution in [0, 0.1) is 0 Å². The van der Waals surface area contributed by atoms with E-state index in [1.807, 2.05) is 0 Å². The van der Waals surface area contributed by atoms with E-state index in [0.29, 0.717) is 27.2 Å². The molecule has 1 amide bonds. The smallest absolute Gasteiger partial charge is 0.291 e. The molecule has 0 unspecified atom stereocenters. The molecule has 0 aliphatic carbocycles. The van der Waals surface area contributed by atoms with Gasteiger partial charge in [-0.25, -0.2) is 0 Å². The molecule has 0 saturated carbocycles. The van der Waals surface area contributed by atoms with Crippen molar-refractivity contribution in [3.8, 4) is 5.75 Å². The highest BCUT2D eigenvalue weighted by Gasteiger charge is 2.12. The number of pyridine rings is 1. The van der Waals surface area contributed by atoms with E-state index >= 15 is 0 Å². The fourth-order valence-electron chi connectivity index (χ4n) is 1.95. The molecule has 2 heterocycles. The second-order valence-corrected chi connectivity index (χ2v) is 5.58. The Morgan fingerprint density at radius 1 is 1.12 bits per heavy atom. The van der Waals surface area contributed by atoms with Crippen LogP contribution in [0.3, 0.4) is 0 Å². The first-order chi connectivity index (χ1) is 11.6. The van der Waals surface area contributed by atoms with Gasteiger partial charge < -0.3 is 14.5 Å². The maximum absolute atomic E-state index is 12.1. The molecule has 5 nitrogen and oxygen atoms in total. The molecule has 0 spiro atoms. The number of hydrogen-bond donors (Lipinski definition) is 1. The number of nitrogens with one attached hydrogen (secondary N) is 1. The Hall–Kier alpha value is -2.50. The first-order valence-electron chi connectivity index (χ1n) is 7.00. The second kappa shape index (κ2) is 7.38. The SMILES string of the molecule is O=C(Nc1ccncc1)c1ccc(COc2cccc(Cl)c2Cl)o1. The minimum atomic E-state index is -0.353. The fraction of sp³-hybridized carbons (Fsp3) is 0.0588. The molecule has 3 rings (SSSR count). The molecule has 122 valence electrons. The summed E-state index contributed by atoms with van der Waals surface area (Å²) in [6.07, 6.45) is 3.18. The lowest BCUT2D eigenvalue weighted by molar-refractivity contribution is 0.0992. The Kier molecular flexibility index (Phi) is 5.03. The van der Waals surface area contributed by atoms with Gasteiger partial charge in [0.05, 0.1) is 5.02 Å². The van der Waals surface area contributed by atoms with Crippen LogP contribution >= 0.6 is 23.2 Å². The minimum Gasteiger partial charge on any atom is -0.484 e. The molecular formula is C17H12Cl2N2O3. The van der Waals surface area contributed by atoms with Gasteiger partial charge in [0.15, 0.2) is 5.76 Å². The molecule has 1 N–H and O–H groups in total. The number of rotatable bonds is 5. The number of benzene rings is 1. The van der Waals surface area contributed by atoms with Crippen molar-refractivity contribution >= 4 is 34.8 Å². The zero-order chi connectivity index (χ0) is 16.9. The number of ether oxygens (including phenoxy) is 1. The zero-order valence-corrected chi connectivity index (χ0v) is 13.8. The van der Waals surface area contributed by atoms with E-state index in [2.05, 4.69) is 10.3 Å². The number of anilines is 1. The van der Waals surface area contributed by atoms with Gasteiger partial charge in [0.2, 0.25) is 0 Å². The Bertz CT molecular complexity index is 850. The van der Waals surface area contributed by atoms with Crippen LogP contribution < -0.4 is 10.1 Å². The number of halogens is 2. The quantitative estimate of drug-likeness (QED) is 0.706. The lowest BCUT2D eigenvalue weighted by atomic mass is 10.3. The molecule has 0 bridgehead atoms. The van der Waals surface area contributed by atoms with Gasteiger partial charge in [-0.2, -0.15) is 0 Å². The summed E-state index contributed by atoms with van der Waals surface area (Å²) in [5.41, 5.74) is 0.634. The molecule has 0 saturated heterocycles. The third kappa shape index (κ3) is 3.88. The first kappa shape index (κ1) is 16.4. The monoisotopic (exact) mass is 362 g/mol. The van der Waals surface area contributed by atoms with E-state index in [4.69, 9.17) is 32.4 Å². The lowest BCUT2D eigenvalue weighted by Gasteiger charge is -2.07. The molecule has 0 aliphatic heterocycles. The highest BCUT2D eigenvalue weighted by Crippen LogP contribution is 2.32. The highest BCUT2D eigenvalue weighted by atomic mass is 35.5. The summed E-state index contributed by atoms with van der Waals surface area (Å²) in [6, 6.07) is 11.7. The average molecular weight is 363 g/mol. The predicted octanol–water partition coefficient (Wildman–Crippen LogP) is 4.81. The van der Waals surface area contributed by atoms with Crippen LogP contribution in [0.1, 0.15) is 16.3 Å². The van der Waals surface area contributed by atoms with E-state index in [-0.39, 0.29) is 18.3 Å². The molecule has 0 aliphatic rings. The fourth-order valence-corrected chi connectivity index (χ4v) is 2.30. The van der Waals surface area contributed by atoms with Crippen molar-refractivity contribution in [1.82, 2.24) is 4.98 Å². The van der Waals surface area contributed by atoms with Gasteiger partial charge in [0.25, 0.3) is 5.91 Å². The van der Waals surface area contributed by atoms with Crippen LogP contribution in [-0.2, 0) is 6.61 Å². The average Bonchev–Trinajstić information content (AvgIpc) is 3.06. The van der Waals surface area contributed by atoms with Crippen LogP contribution in [0.15, 0.2) is 59.3 Å². The number of furan rings is 1. The largest absolute Gasteiger partial charge is 0.484 e. The molecular weight excluding hydrogens is 351 g/mol. The van der Waals surface area contributed by atoms with Gasteiger partial charge in [-0.05, 0) is 36.4 Å². The van der Waals surface area contributed by atoms with Crippen molar-refractivity contribution in [2.75, 3.05) is 5.32 Å². The van der Waals surface area contributed by atoms with Gasteiger partial charge in [0.1, 0.15) is 23.1 Å². The van der Waals surface area contributed by atoms with Gasteiger partial charge in [-0.1, -0.05) is 29.3 Å². The van der Waals surface area contributed by atoms with E-state index < -0.39 is 0 Å². The predicted molar refractivity (Wildman–Crippen MR) is 91.7 cm³/mol. The summed E-state index contributed by atoms with van der Waals surface area (Å²) in [7, 11) is 0. The van der Waals surface area contributed by atoms with Crippen LogP contribution in [0.2, 0.25) is 10.0 Å². The Morgan fingerprint density at radius 2 is 1.92 bits per heavy atom. The number of carbonyl (C=O) groups excluding carboxylic acids is 1. The maximum atomic E-state index is 12.1. The van der Waals surface area contributed by atoms with E-state index in [9.17, 15) is 4.79 Å². The molecule has 0 fully saturated rings. The molecule has 24 heavy (non-hydrogen) atoms. The van der Waals surface area contributed by atoms with Crippen molar-refractivity contribution in [3.05, 3.63) is 76.4 Å². The van der Waals surface area contributed by atoms with E-state index in [1.165, 1.54) is 0 Å². The Labute approximate surface area is 148 Å². The first-order valence-corrected chi connectivity index (χ1v) is 7.76. The second-order valence-electron chi connectivity index (χ2n) is 4.80. The lowest BCUT2D eigenvalue weighted by Crippen LogP contribution is -2.10. The molecule has 3 aromatic rings. The van der Waals surface area contributed by atoms with Crippen LogP contribution in [-0.4, -0.2) is 10.9 Å². The van der Waals surface area contributed by atoms with Crippen molar-refractivity contribution in [2.24, 2.45) is 0 Å². The number of hydrogen-bond acceptors (Lipinski definition) is 4. The molecule has 0 atom stereocenters. The van der Waals surface area contributed by atoms with Gasteiger partial charge in [0, 0.05) is 18.1 Å². The third-order valence-corrected chi connectivity index (χ3v) is 3.91. The topological polar surface area (TPSA) is 64.4 Å². The summed E-state index contributed by atoms with van der Waals surface area (Å²) in [4.78, 5) is 16.0. The number of carbonyl (C=O) groups is 1. The van der Waals surface area contributed by atoms with Crippen LogP contribution in [0.4, 0.5) is 5.69 Å². The van der Waals surface area contributed by atoms with E-state index in [0.717, 1.165) is 0 Å². The number of nitrogens with zero attached hydrogens (tertiary/aromatic N) is 1. The number of amides is 1. The summed E-state index contributed by atoms with van der Waals surface area (Å²) in [5, 5.41) is 3.45. The van der Waals surface area contributed by atoms with E-state index in [1.54, 1.807) is 54.9 Å². The molecule has 0 radical (unpaired) electrons. The molecule has 2 aromatic heterocycles. The molecule has 7 heteroatoms. The Balaban J connectivity index is 1.63. The number of aromatic nitrogens is 1. The normalized spacial score (nSPS) is 10.4. The van der Waals surface area contributed by atoms with Crippen molar-refractivity contribution < 1.29 is 13.9 Å². The van der Waals surface area contributed by atoms with Crippen LogP contribution in [0.5, 0.6) is 5.75 Å². The summed E-state index contributed by atoms with van der Waals surface area (Å²) < 4.78 is 11.0. The van der Waals surface area contributed by atoms with Crippen molar-refractivity contribution in [3.63, 3.8) is 0 Å². The minimum absolute atomic E-state index is 0.128. The van der Waals surface area contributed by atoms with Gasteiger partial charge in [-0.15, -0.1) is 0 Å². The van der Waals surface area contributed by atoms with Crippen LogP contribution in [0.25, 0.3) is 0 Å². The van der Waals surface area contributed by atoms with Crippen molar-refractivity contribution in [2.45, 2.75) is 6.61 Å². The third-order valence-electron chi connectivity index (χ3n) is 3.11. The summed E-state index contributed by atoms with van der Waals surface area (Å²) in [6.45, 7) is 0.128. The van der Waals surface area contributed by atoms with Crippen molar-refractivity contribution in [1.29, 1.82) is 0 Å². The highest BCUT2D eigenvalue weighted by molar-refractivity contribution is 6.42. The van der Waals surface area contributed by atoms with Gasteiger partial charge in [-0.3, -0.25) is 9.78 Å². The summed E-state index contributed by atoms with van der Waals surface area (Å²) >= 11 is 12.0. The summed E-state index contributed by atoms with van der Waals surface area (Å²) in [5.74, 6) is 0.769. The zero-order valence-electron chi connectivity index (χ0n) is 12.3. The standard InChI is InChI=1S/C17H12Cl2N2O3/c18-13-2-1-3-14(16(13)19)23-10-12-4-5-15(24-12)17(22)21-11-6-8-20-9-7-11/h1-9H,10H2,(H,20,21,22). The van der Waals surface area contributed by atoms with Gasteiger partial charge >= 0.3 is 0 Å². The maximum Gasteiger partial charge on any atom is 0.291 e. The molecule has 1 aromatic carbocycles.